The van der Waals surface area contributed by atoms with Gasteiger partial charge in [-0.2, -0.15) is 5.10 Å². The van der Waals surface area contributed by atoms with E-state index in [2.05, 4.69) is 10.5 Å². The normalized spacial score (nSPS) is 12.7. The first-order valence-electron chi connectivity index (χ1n) is 11.9. The summed E-state index contributed by atoms with van der Waals surface area (Å²) in [6, 6.07) is 13.0. The molecular weight excluding hydrogens is 526 g/mol. The summed E-state index contributed by atoms with van der Waals surface area (Å²) in [7, 11) is 0. The highest BCUT2D eigenvalue weighted by Gasteiger charge is 2.24. The van der Waals surface area contributed by atoms with Crippen molar-refractivity contribution in [2.75, 3.05) is 12.4 Å². The number of fused-ring (bicyclic) bond motifs is 3. The lowest BCUT2D eigenvalue weighted by Crippen LogP contribution is -2.24. The molecule has 1 aliphatic carbocycles. The molecule has 0 fully saturated rings. The Hall–Kier alpha value is -4.03. The Kier molecular flexibility index (Phi) is 7.52. The van der Waals surface area contributed by atoms with Crippen molar-refractivity contribution < 1.29 is 14.5 Å². The Labute approximate surface area is 225 Å². The van der Waals surface area contributed by atoms with Crippen LogP contribution in [0, 0.1) is 10.1 Å². The number of thiophene rings is 1. The monoisotopic (exact) mass is 549 g/mol. The number of nitrogens with zero attached hydrogens (tertiary/aromatic N) is 4. The number of benzene rings is 2. The number of nitro benzene ring substituents is 1. The fourth-order valence-corrected chi connectivity index (χ4v) is 6.34. The maximum absolute atomic E-state index is 13.7. The first-order valence-corrected chi connectivity index (χ1v) is 13.7. The van der Waals surface area contributed by atoms with E-state index in [-0.39, 0.29) is 22.9 Å². The minimum absolute atomic E-state index is 0.0162. The Morgan fingerprint density at radius 2 is 2.00 bits per heavy atom. The zero-order chi connectivity index (χ0) is 26.6. The number of non-ortho nitro benzene ring substituents is 1. The van der Waals surface area contributed by atoms with Crippen LogP contribution >= 0.6 is 23.1 Å². The molecule has 2 heterocycles. The standard InChI is InChI=1S/C26H23N5O5S2/c1-2-36-19-12-10-17(11-13-19)30-25(33)23-20-4-3-5-21(20)38-24(23)28-26(30)37-15-22(32)29-27-14-16-6-8-18(9-7-16)31(34)35/h6-14H,2-5,15H2,1H3,(H,29,32). The molecule has 1 aliphatic rings. The van der Waals surface area contributed by atoms with Gasteiger partial charge in [-0.3, -0.25) is 24.3 Å². The molecule has 10 nitrogen and oxygen atoms in total. The lowest BCUT2D eigenvalue weighted by atomic mass is 10.2. The van der Waals surface area contributed by atoms with E-state index in [1.165, 1.54) is 35.4 Å². The van der Waals surface area contributed by atoms with Crippen molar-refractivity contribution >= 4 is 51.1 Å². The number of ether oxygens (including phenoxy) is 1. The summed E-state index contributed by atoms with van der Waals surface area (Å²) < 4.78 is 7.09. The molecule has 0 spiro atoms. The van der Waals surface area contributed by atoms with Crippen LogP contribution in [0.1, 0.15) is 29.3 Å². The molecule has 194 valence electrons. The number of carbonyl (C=O) groups is 1. The Balaban J connectivity index is 1.37. The molecule has 5 rings (SSSR count). The summed E-state index contributed by atoms with van der Waals surface area (Å²) in [6.45, 7) is 2.44. The molecule has 1 N–H and O–H groups in total. The van der Waals surface area contributed by atoms with Gasteiger partial charge in [-0.25, -0.2) is 10.4 Å². The van der Waals surface area contributed by atoms with E-state index in [9.17, 15) is 19.7 Å². The van der Waals surface area contributed by atoms with Crippen LogP contribution < -0.4 is 15.7 Å². The second-order valence-corrected chi connectivity index (χ2v) is 10.5. The summed E-state index contributed by atoms with van der Waals surface area (Å²) in [4.78, 5) is 43.2. The highest BCUT2D eigenvalue weighted by atomic mass is 32.2. The number of rotatable bonds is 9. The van der Waals surface area contributed by atoms with Gasteiger partial charge in [0.15, 0.2) is 5.16 Å². The molecule has 12 heteroatoms. The SMILES string of the molecule is CCOc1ccc(-n2c(SCC(=O)NN=Cc3ccc([N+](=O)[O-])cc3)nc3sc4c(c3c2=O)CCC4)cc1. The van der Waals surface area contributed by atoms with E-state index in [0.29, 0.717) is 39.0 Å². The third-order valence-electron chi connectivity index (χ3n) is 5.95. The molecule has 0 saturated carbocycles. The maximum atomic E-state index is 13.7. The van der Waals surface area contributed by atoms with Crippen LogP contribution in [0.25, 0.3) is 15.9 Å². The van der Waals surface area contributed by atoms with Gasteiger partial charge in [0.2, 0.25) is 0 Å². The Morgan fingerprint density at radius 1 is 1.24 bits per heavy atom. The van der Waals surface area contributed by atoms with E-state index in [4.69, 9.17) is 9.72 Å². The van der Waals surface area contributed by atoms with E-state index in [1.54, 1.807) is 15.9 Å². The average Bonchev–Trinajstić information content (AvgIpc) is 3.50. The number of hydrazone groups is 1. The quantitative estimate of drug-likeness (QED) is 0.107. The Bertz CT molecular complexity index is 1590. The second kappa shape index (κ2) is 11.2. The van der Waals surface area contributed by atoms with Crippen LogP contribution in [0.2, 0.25) is 0 Å². The van der Waals surface area contributed by atoms with Crippen LogP contribution in [-0.4, -0.2) is 39.0 Å². The van der Waals surface area contributed by atoms with Crippen LogP contribution in [0.4, 0.5) is 5.69 Å². The van der Waals surface area contributed by atoms with Crippen LogP contribution in [-0.2, 0) is 17.6 Å². The van der Waals surface area contributed by atoms with Crippen molar-refractivity contribution in [3.63, 3.8) is 0 Å². The highest BCUT2D eigenvalue weighted by molar-refractivity contribution is 7.99. The largest absolute Gasteiger partial charge is 0.494 e. The van der Waals surface area contributed by atoms with Crippen molar-refractivity contribution in [1.29, 1.82) is 0 Å². The Morgan fingerprint density at radius 3 is 2.71 bits per heavy atom. The van der Waals surface area contributed by atoms with E-state index in [0.717, 1.165) is 36.6 Å². The molecule has 0 aliphatic heterocycles. The van der Waals surface area contributed by atoms with Gasteiger partial charge in [-0.15, -0.1) is 11.3 Å². The van der Waals surface area contributed by atoms with Crippen LogP contribution in [0.5, 0.6) is 5.75 Å². The van der Waals surface area contributed by atoms with Crippen LogP contribution in [0.3, 0.4) is 0 Å². The van der Waals surface area contributed by atoms with Gasteiger partial charge in [0.05, 0.1) is 34.6 Å². The fourth-order valence-electron chi connectivity index (χ4n) is 4.23. The minimum atomic E-state index is -0.484. The lowest BCUT2D eigenvalue weighted by molar-refractivity contribution is -0.384. The molecule has 2 aromatic carbocycles. The summed E-state index contributed by atoms with van der Waals surface area (Å²) in [5.74, 6) is 0.307. The highest BCUT2D eigenvalue weighted by Crippen LogP contribution is 2.36. The maximum Gasteiger partial charge on any atom is 0.269 e. The van der Waals surface area contributed by atoms with Crippen molar-refractivity contribution in [2.45, 2.75) is 31.3 Å². The van der Waals surface area contributed by atoms with Crippen LogP contribution in [0.15, 0.2) is 63.6 Å². The summed E-state index contributed by atoms with van der Waals surface area (Å²) in [5.41, 5.74) is 4.62. The predicted octanol–water partition coefficient (Wildman–Crippen LogP) is 4.49. The molecule has 0 unspecified atom stereocenters. The second-order valence-electron chi connectivity index (χ2n) is 8.43. The van der Waals surface area contributed by atoms with Crippen molar-refractivity contribution in [3.05, 3.63) is 85.0 Å². The summed E-state index contributed by atoms with van der Waals surface area (Å²) >= 11 is 2.70. The van der Waals surface area contributed by atoms with Crippen molar-refractivity contribution in [3.8, 4) is 11.4 Å². The molecule has 2 aromatic heterocycles. The third-order valence-corrected chi connectivity index (χ3v) is 8.08. The van der Waals surface area contributed by atoms with Gasteiger partial charge in [0, 0.05) is 17.0 Å². The smallest absolute Gasteiger partial charge is 0.269 e. The predicted molar refractivity (Wildman–Crippen MR) is 148 cm³/mol. The number of nitro groups is 1. The average molecular weight is 550 g/mol. The molecule has 38 heavy (non-hydrogen) atoms. The van der Waals surface area contributed by atoms with Crippen molar-refractivity contribution in [1.82, 2.24) is 15.0 Å². The van der Waals surface area contributed by atoms with Gasteiger partial charge >= 0.3 is 0 Å². The number of amides is 1. The molecule has 1 amide bonds. The van der Waals surface area contributed by atoms with Gasteiger partial charge in [-0.1, -0.05) is 11.8 Å². The summed E-state index contributed by atoms with van der Waals surface area (Å²) in [5, 5.41) is 15.8. The van der Waals surface area contributed by atoms with Gasteiger partial charge in [0.25, 0.3) is 17.2 Å². The number of thioether (sulfide) groups is 1. The molecule has 0 saturated heterocycles. The number of aromatic nitrogens is 2. The lowest BCUT2D eigenvalue weighted by Gasteiger charge is -2.13. The van der Waals surface area contributed by atoms with Gasteiger partial charge < -0.3 is 4.74 Å². The number of nitrogens with one attached hydrogen (secondary N) is 1. The molecule has 0 atom stereocenters. The number of carbonyl (C=O) groups excluding carboxylic acids is 1. The summed E-state index contributed by atoms with van der Waals surface area (Å²) in [6.07, 6.45) is 4.27. The molecular formula is C26H23N5O5S2. The van der Waals surface area contributed by atoms with E-state index >= 15 is 0 Å². The zero-order valence-electron chi connectivity index (χ0n) is 20.4. The first-order chi connectivity index (χ1) is 18.4. The molecule has 4 aromatic rings. The fraction of sp³-hybridized carbons (Fsp3) is 0.231. The topological polar surface area (TPSA) is 129 Å². The number of aryl methyl sites for hydroxylation is 2. The third kappa shape index (κ3) is 5.31. The number of hydrogen-bond donors (Lipinski definition) is 1. The zero-order valence-corrected chi connectivity index (χ0v) is 22.0. The molecule has 0 bridgehead atoms. The van der Waals surface area contributed by atoms with E-state index < -0.39 is 4.92 Å². The minimum Gasteiger partial charge on any atom is -0.494 e. The van der Waals surface area contributed by atoms with Gasteiger partial charge in [-0.05, 0) is 73.7 Å². The molecule has 0 radical (unpaired) electrons. The van der Waals surface area contributed by atoms with E-state index in [1.807, 2.05) is 31.2 Å². The first kappa shape index (κ1) is 25.6. The number of hydrogen-bond acceptors (Lipinski definition) is 9. The van der Waals surface area contributed by atoms with Crippen molar-refractivity contribution in [2.24, 2.45) is 5.10 Å². The van der Waals surface area contributed by atoms with Gasteiger partial charge in [0.1, 0.15) is 10.6 Å².